The lowest BCUT2D eigenvalue weighted by molar-refractivity contribution is 0.121. The van der Waals surface area contributed by atoms with Gasteiger partial charge in [-0.15, -0.1) is 0 Å². The average molecular weight is 325 g/mol. The monoisotopic (exact) mass is 324 g/mol. The van der Waals surface area contributed by atoms with Crippen LogP contribution in [0.5, 0.6) is 5.75 Å². The van der Waals surface area contributed by atoms with Crippen LogP contribution in [0.1, 0.15) is 18.4 Å². The lowest BCUT2D eigenvalue weighted by atomic mass is 10.2. The molecule has 1 aliphatic heterocycles. The number of halogens is 1. The fourth-order valence-electron chi connectivity index (χ4n) is 2.79. The molecule has 0 N–H and O–H groups in total. The van der Waals surface area contributed by atoms with Gasteiger partial charge in [-0.25, -0.2) is 0 Å². The molecule has 1 aromatic rings. The predicted octanol–water partition coefficient (Wildman–Crippen LogP) is 2.74. The number of piperazine rings is 1. The zero-order valence-electron chi connectivity index (χ0n) is 11.4. The highest BCUT2D eigenvalue weighted by molar-refractivity contribution is 9.10. The van der Waals surface area contributed by atoms with E-state index >= 15 is 0 Å². The average Bonchev–Trinajstić information content (AvgIpc) is 3.24. The Kier molecular flexibility index (Phi) is 4.10. The minimum absolute atomic E-state index is 0.905. The second kappa shape index (κ2) is 5.81. The number of ether oxygens (including phenoxy) is 1. The van der Waals surface area contributed by atoms with Crippen molar-refractivity contribution in [2.45, 2.75) is 25.4 Å². The highest BCUT2D eigenvalue weighted by Gasteiger charge is 2.31. The van der Waals surface area contributed by atoms with Crippen LogP contribution in [0, 0.1) is 0 Å². The van der Waals surface area contributed by atoms with Crippen molar-refractivity contribution in [3.63, 3.8) is 0 Å². The number of rotatable bonds is 4. The van der Waals surface area contributed by atoms with Gasteiger partial charge in [0.2, 0.25) is 0 Å². The summed E-state index contributed by atoms with van der Waals surface area (Å²) in [5.74, 6) is 0.905. The summed E-state index contributed by atoms with van der Waals surface area (Å²) in [7, 11) is 1.71. The molecule has 0 aromatic heterocycles. The van der Waals surface area contributed by atoms with Gasteiger partial charge in [-0.3, -0.25) is 9.80 Å². The molecule has 0 unspecified atom stereocenters. The quantitative estimate of drug-likeness (QED) is 0.847. The first-order valence-corrected chi connectivity index (χ1v) is 7.84. The van der Waals surface area contributed by atoms with E-state index in [1.807, 2.05) is 6.07 Å². The van der Waals surface area contributed by atoms with E-state index < -0.39 is 0 Å². The van der Waals surface area contributed by atoms with Crippen molar-refractivity contribution in [1.29, 1.82) is 0 Å². The third-order valence-corrected chi connectivity index (χ3v) is 4.71. The minimum Gasteiger partial charge on any atom is -0.496 e. The van der Waals surface area contributed by atoms with Gasteiger partial charge >= 0.3 is 0 Å². The molecule has 19 heavy (non-hydrogen) atoms. The van der Waals surface area contributed by atoms with Gasteiger partial charge in [-0.2, -0.15) is 0 Å². The minimum atomic E-state index is 0.905. The van der Waals surface area contributed by atoms with Crippen molar-refractivity contribution in [1.82, 2.24) is 9.80 Å². The Labute approximate surface area is 123 Å². The number of methoxy groups -OCH3 is 1. The highest BCUT2D eigenvalue weighted by Crippen LogP contribution is 2.28. The van der Waals surface area contributed by atoms with Crippen LogP contribution in [0.3, 0.4) is 0 Å². The lowest BCUT2D eigenvalue weighted by Gasteiger charge is -2.34. The van der Waals surface area contributed by atoms with Gasteiger partial charge in [-0.05, 0) is 46.5 Å². The maximum absolute atomic E-state index is 5.27. The summed E-state index contributed by atoms with van der Waals surface area (Å²) < 4.78 is 6.32. The molecule has 0 atom stereocenters. The molecular weight excluding hydrogens is 304 g/mol. The molecule has 2 fully saturated rings. The summed E-state index contributed by atoms with van der Waals surface area (Å²) in [5, 5.41) is 0. The molecule has 2 aliphatic rings. The first-order chi connectivity index (χ1) is 9.26. The van der Waals surface area contributed by atoms with E-state index in [0.29, 0.717) is 0 Å². The summed E-state index contributed by atoms with van der Waals surface area (Å²) in [6.07, 6.45) is 2.84. The zero-order chi connectivity index (χ0) is 13.2. The van der Waals surface area contributed by atoms with Crippen LogP contribution in [0.25, 0.3) is 0 Å². The number of hydrogen-bond acceptors (Lipinski definition) is 3. The topological polar surface area (TPSA) is 15.7 Å². The van der Waals surface area contributed by atoms with Crippen molar-refractivity contribution in [3.8, 4) is 5.75 Å². The highest BCUT2D eigenvalue weighted by atomic mass is 79.9. The summed E-state index contributed by atoms with van der Waals surface area (Å²) in [5.41, 5.74) is 1.35. The van der Waals surface area contributed by atoms with E-state index in [2.05, 4.69) is 37.9 Å². The molecule has 3 nitrogen and oxygen atoms in total. The number of benzene rings is 1. The van der Waals surface area contributed by atoms with Crippen LogP contribution in [0.15, 0.2) is 22.7 Å². The summed E-state index contributed by atoms with van der Waals surface area (Å²) in [6, 6.07) is 7.29. The fraction of sp³-hybridized carbons (Fsp3) is 0.600. The van der Waals surface area contributed by atoms with E-state index in [1.165, 1.54) is 44.6 Å². The van der Waals surface area contributed by atoms with Crippen LogP contribution in [0.4, 0.5) is 0 Å². The van der Waals surface area contributed by atoms with Gasteiger partial charge in [0.1, 0.15) is 5.75 Å². The lowest BCUT2D eigenvalue weighted by Crippen LogP contribution is -2.46. The third-order valence-electron chi connectivity index (χ3n) is 4.09. The molecule has 1 aliphatic carbocycles. The molecular formula is C15H21BrN2O. The maximum Gasteiger partial charge on any atom is 0.133 e. The second-order valence-corrected chi connectivity index (χ2v) is 6.37. The molecule has 1 heterocycles. The Morgan fingerprint density at radius 3 is 2.53 bits per heavy atom. The van der Waals surface area contributed by atoms with Gasteiger partial charge in [0.25, 0.3) is 0 Å². The van der Waals surface area contributed by atoms with Crippen molar-refractivity contribution in [2.24, 2.45) is 0 Å². The van der Waals surface area contributed by atoms with Crippen LogP contribution < -0.4 is 4.74 Å². The smallest absolute Gasteiger partial charge is 0.133 e. The Bertz CT molecular complexity index is 440. The maximum atomic E-state index is 5.27. The van der Waals surface area contributed by atoms with E-state index in [0.717, 1.165) is 22.8 Å². The predicted molar refractivity (Wildman–Crippen MR) is 80.6 cm³/mol. The van der Waals surface area contributed by atoms with Gasteiger partial charge in [0.05, 0.1) is 11.6 Å². The third kappa shape index (κ3) is 3.30. The van der Waals surface area contributed by atoms with Gasteiger partial charge in [0.15, 0.2) is 0 Å². The Morgan fingerprint density at radius 1 is 1.21 bits per heavy atom. The standard InChI is InChI=1S/C15H21BrN2O/c1-19-15-5-2-12(10-14(15)16)11-17-6-8-18(9-7-17)13-3-4-13/h2,5,10,13H,3-4,6-9,11H2,1H3. The summed E-state index contributed by atoms with van der Waals surface area (Å²) >= 11 is 3.56. The van der Waals surface area contributed by atoms with Crippen LogP contribution in [0.2, 0.25) is 0 Å². The van der Waals surface area contributed by atoms with Gasteiger partial charge < -0.3 is 4.74 Å². The molecule has 3 rings (SSSR count). The molecule has 0 radical (unpaired) electrons. The number of nitrogens with zero attached hydrogens (tertiary/aromatic N) is 2. The van der Waals surface area contributed by atoms with Gasteiger partial charge in [-0.1, -0.05) is 6.07 Å². The van der Waals surface area contributed by atoms with E-state index in [9.17, 15) is 0 Å². The first-order valence-electron chi connectivity index (χ1n) is 7.05. The second-order valence-electron chi connectivity index (χ2n) is 5.51. The first kappa shape index (κ1) is 13.4. The molecule has 1 saturated heterocycles. The van der Waals surface area contributed by atoms with Crippen molar-refractivity contribution < 1.29 is 4.74 Å². The van der Waals surface area contributed by atoms with E-state index in [1.54, 1.807) is 7.11 Å². The molecule has 1 aromatic carbocycles. The SMILES string of the molecule is COc1ccc(CN2CCN(C3CC3)CC2)cc1Br. The molecule has 0 spiro atoms. The Hall–Kier alpha value is -0.580. The molecule has 0 bridgehead atoms. The van der Waals surface area contributed by atoms with Gasteiger partial charge in [0, 0.05) is 38.8 Å². The molecule has 104 valence electrons. The largest absolute Gasteiger partial charge is 0.496 e. The normalized spacial score (nSPS) is 21.6. The van der Waals surface area contributed by atoms with Crippen LogP contribution >= 0.6 is 15.9 Å². The molecule has 1 saturated carbocycles. The zero-order valence-corrected chi connectivity index (χ0v) is 13.0. The Morgan fingerprint density at radius 2 is 1.95 bits per heavy atom. The van der Waals surface area contributed by atoms with Crippen LogP contribution in [-0.2, 0) is 6.54 Å². The van der Waals surface area contributed by atoms with E-state index in [4.69, 9.17) is 4.74 Å². The van der Waals surface area contributed by atoms with Crippen molar-refractivity contribution in [2.75, 3.05) is 33.3 Å². The van der Waals surface area contributed by atoms with Crippen molar-refractivity contribution >= 4 is 15.9 Å². The summed E-state index contributed by atoms with van der Waals surface area (Å²) in [6.45, 7) is 5.91. The summed E-state index contributed by atoms with van der Waals surface area (Å²) in [4.78, 5) is 5.20. The number of hydrogen-bond donors (Lipinski definition) is 0. The Balaban J connectivity index is 1.55. The van der Waals surface area contributed by atoms with E-state index in [-0.39, 0.29) is 0 Å². The molecule has 4 heteroatoms. The fourth-order valence-corrected chi connectivity index (χ4v) is 3.38. The molecule has 0 amide bonds. The van der Waals surface area contributed by atoms with Crippen LogP contribution in [-0.4, -0.2) is 49.1 Å². The van der Waals surface area contributed by atoms with Crippen molar-refractivity contribution in [3.05, 3.63) is 28.2 Å².